The van der Waals surface area contributed by atoms with Gasteiger partial charge in [0.15, 0.2) is 0 Å². The summed E-state index contributed by atoms with van der Waals surface area (Å²) >= 11 is 0. The molecule has 0 amide bonds. The number of aromatic amines is 1. The molecule has 21 heavy (non-hydrogen) atoms. The number of hydrogen-bond acceptors (Lipinski definition) is 4. The van der Waals surface area contributed by atoms with E-state index in [2.05, 4.69) is 47.9 Å². The number of aryl methyl sites for hydroxylation is 1. The molecule has 0 bridgehead atoms. The molecule has 1 heterocycles. The lowest BCUT2D eigenvalue weighted by atomic mass is 9.86. The molecular formula is C14H28N4O2S. The molecule has 0 spiro atoms. The first-order valence-electron chi connectivity index (χ1n) is 7.38. The molecule has 122 valence electrons. The van der Waals surface area contributed by atoms with Gasteiger partial charge in [0.05, 0.1) is 11.4 Å². The van der Waals surface area contributed by atoms with Gasteiger partial charge >= 0.3 is 0 Å². The van der Waals surface area contributed by atoms with Crippen LogP contribution in [0.4, 0.5) is 0 Å². The summed E-state index contributed by atoms with van der Waals surface area (Å²) in [7, 11) is -1.78. The Hall–Kier alpha value is -0.920. The number of H-pyrrole nitrogens is 1. The normalized spacial score (nSPS) is 12.8. The maximum atomic E-state index is 12.6. The summed E-state index contributed by atoms with van der Waals surface area (Å²) in [5.41, 5.74) is 1.09. The van der Waals surface area contributed by atoms with Crippen LogP contribution in [0.1, 0.15) is 39.1 Å². The van der Waals surface area contributed by atoms with Gasteiger partial charge in [-0.05, 0) is 31.7 Å². The number of rotatable bonds is 8. The van der Waals surface area contributed by atoms with Gasteiger partial charge in [-0.3, -0.25) is 5.10 Å². The summed E-state index contributed by atoms with van der Waals surface area (Å²) in [6.45, 7) is 11.1. The second-order valence-corrected chi connectivity index (χ2v) is 7.86. The number of nitrogens with one attached hydrogen (secondary N) is 3. The number of nitrogens with zero attached hydrogens (tertiary/aromatic N) is 1. The molecule has 0 saturated carbocycles. The lowest BCUT2D eigenvalue weighted by Gasteiger charge is -2.25. The fourth-order valence-corrected chi connectivity index (χ4v) is 4.07. The molecule has 0 aromatic carbocycles. The van der Waals surface area contributed by atoms with Gasteiger partial charge in [0.1, 0.15) is 4.90 Å². The molecule has 1 aromatic heterocycles. The molecule has 0 aliphatic rings. The van der Waals surface area contributed by atoms with E-state index in [4.69, 9.17) is 0 Å². The van der Waals surface area contributed by atoms with E-state index in [1.165, 1.54) is 0 Å². The Labute approximate surface area is 128 Å². The second-order valence-electron chi connectivity index (χ2n) is 6.16. The molecule has 0 saturated heterocycles. The summed E-state index contributed by atoms with van der Waals surface area (Å²) in [6.07, 6.45) is 0. The highest BCUT2D eigenvalue weighted by molar-refractivity contribution is 7.89. The molecule has 7 heteroatoms. The zero-order valence-electron chi connectivity index (χ0n) is 13.8. The largest absolute Gasteiger partial charge is 0.314 e. The van der Waals surface area contributed by atoms with E-state index in [1.54, 1.807) is 14.0 Å². The summed E-state index contributed by atoms with van der Waals surface area (Å²) in [6, 6.07) is 0. The van der Waals surface area contributed by atoms with Crippen LogP contribution < -0.4 is 10.0 Å². The molecule has 3 N–H and O–H groups in total. The number of hydrogen-bond donors (Lipinski definition) is 3. The van der Waals surface area contributed by atoms with Crippen LogP contribution >= 0.6 is 0 Å². The van der Waals surface area contributed by atoms with E-state index in [1.807, 2.05) is 0 Å². The van der Waals surface area contributed by atoms with Gasteiger partial charge in [0, 0.05) is 13.1 Å². The molecular weight excluding hydrogens is 288 g/mol. The minimum Gasteiger partial charge on any atom is -0.314 e. The quantitative estimate of drug-likeness (QED) is 0.680. The molecule has 0 fully saturated rings. The van der Waals surface area contributed by atoms with E-state index in [-0.39, 0.29) is 4.90 Å². The molecule has 1 aromatic rings. The smallest absolute Gasteiger partial charge is 0.244 e. The van der Waals surface area contributed by atoms with Crippen molar-refractivity contribution in [3.05, 3.63) is 11.4 Å². The fraction of sp³-hybridized carbons (Fsp3) is 0.786. The van der Waals surface area contributed by atoms with Crippen LogP contribution in [-0.4, -0.2) is 32.2 Å². The summed E-state index contributed by atoms with van der Waals surface area (Å²) in [5.74, 6) is 1.16. The molecule has 0 unspecified atom stereocenters. The molecule has 0 radical (unpaired) electrons. The van der Waals surface area contributed by atoms with Gasteiger partial charge in [-0.25, -0.2) is 13.1 Å². The standard InChI is InChI=1S/C14H28N4O2S/c1-9(2)12(10(3)4)7-16-21(19,20)14-11(5)17-18-13(14)8-15-6/h9-10,12,15-16H,7-8H2,1-6H3,(H,17,18). The molecule has 0 aliphatic heterocycles. The van der Waals surface area contributed by atoms with Crippen LogP contribution in [0.3, 0.4) is 0 Å². The SMILES string of the molecule is CNCc1n[nH]c(C)c1S(=O)(=O)NCC(C(C)C)C(C)C. The Balaban J connectivity index is 2.94. The van der Waals surface area contributed by atoms with Crippen LogP contribution in [-0.2, 0) is 16.6 Å². The van der Waals surface area contributed by atoms with Crippen LogP contribution in [0.2, 0.25) is 0 Å². The fourth-order valence-electron chi connectivity index (χ4n) is 2.63. The van der Waals surface area contributed by atoms with Crippen LogP contribution in [0, 0.1) is 24.7 Å². The topological polar surface area (TPSA) is 86.9 Å². The summed E-state index contributed by atoms with van der Waals surface area (Å²) in [4.78, 5) is 0.267. The van der Waals surface area contributed by atoms with Crippen LogP contribution in [0.15, 0.2) is 4.90 Å². The Kier molecular flexibility index (Phi) is 6.37. The third-order valence-electron chi connectivity index (χ3n) is 3.80. The van der Waals surface area contributed by atoms with E-state index in [0.717, 1.165) is 0 Å². The lowest BCUT2D eigenvalue weighted by molar-refractivity contribution is 0.289. The van der Waals surface area contributed by atoms with E-state index in [9.17, 15) is 8.42 Å². The predicted octanol–water partition coefficient (Wildman–Crippen LogP) is 1.64. The Morgan fingerprint density at radius 2 is 1.76 bits per heavy atom. The van der Waals surface area contributed by atoms with E-state index < -0.39 is 10.0 Å². The van der Waals surface area contributed by atoms with Crippen molar-refractivity contribution in [2.24, 2.45) is 17.8 Å². The van der Waals surface area contributed by atoms with Crippen molar-refractivity contribution in [3.63, 3.8) is 0 Å². The minimum atomic E-state index is -3.55. The van der Waals surface area contributed by atoms with E-state index in [0.29, 0.717) is 42.2 Å². The predicted molar refractivity (Wildman–Crippen MR) is 84.4 cm³/mol. The van der Waals surface area contributed by atoms with Gasteiger partial charge in [0.25, 0.3) is 0 Å². The van der Waals surface area contributed by atoms with Crippen molar-refractivity contribution in [2.75, 3.05) is 13.6 Å². The maximum absolute atomic E-state index is 12.6. The molecule has 0 aliphatic carbocycles. The first-order valence-corrected chi connectivity index (χ1v) is 8.87. The highest BCUT2D eigenvalue weighted by Crippen LogP contribution is 2.22. The van der Waals surface area contributed by atoms with Gasteiger partial charge in [0.2, 0.25) is 10.0 Å². The van der Waals surface area contributed by atoms with Crippen molar-refractivity contribution in [3.8, 4) is 0 Å². The lowest BCUT2D eigenvalue weighted by Crippen LogP contribution is -2.34. The average molecular weight is 316 g/mol. The maximum Gasteiger partial charge on any atom is 0.244 e. The third-order valence-corrected chi connectivity index (χ3v) is 5.42. The van der Waals surface area contributed by atoms with Crippen molar-refractivity contribution >= 4 is 10.0 Å². The zero-order valence-corrected chi connectivity index (χ0v) is 14.6. The van der Waals surface area contributed by atoms with Gasteiger partial charge in [-0.1, -0.05) is 27.7 Å². The number of aromatic nitrogens is 2. The Morgan fingerprint density at radius 3 is 2.24 bits per heavy atom. The number of sulfonamides is 1. The Morgan fingerprint density at radius 1 is 1.19 bits per heavy atom. The van der Waals surface area contributed by atoms with E-state index >= 15 is 0 Å². The molecule has 6 nitrogen and oxygen atoms in total. The summed E-state index contributed by atoms with van der Waals surface area (Å²) < 4.78 is 27.9. The minimum absolute atomic E-state index is 0.267. The van der Waals surface area contributed by atoms with Crippen molar-refractivity contribution in [1.29, 1.82) is 0 Å². The summed E-state index contributed by atoms with van der Waals surface area (Å²) in [5, 5.41) is 9.75. The first-order chi connectivity index (χ1) is 9.70. The van der Waals surface area contributed by atoms with Crippen molar-refractivity contribution in [2.45, 2.75) is 46.1 Å². The molecule has 0 atom stereocenters. The Bertz CT molecular complexity index is 541. The zero-order chi connectivity index (χ0) is 16.2. The highest BCUT2D eigenvalue weighted by Gasteiger charge is 2.26. The van der Waals surface area contributed by atoms with Crippen molar-refractivity contribution < 1.29 is 8.42 Å². The van der Waals surface area contributed by atoms with Crippen LogP contribution in [0.25, 0.3) is 0 Å². The second kappa shape index (κ2) is 7.38. The third kappa shape index (κ3) is 4.52. The highest BCUT2D eigenvalue weighted by atomic mass is 32.2. The van der Waals surface area contributed by atoms with Gasteiger partial charge in [-0.15, -0.1) is 0 Å². The van der Waals surface area contributed by atoms with Gasteiger partial charge < -0.3 is 5.32 Å². The first kappa shape index (κ1) is 18.1. The van der Waals surface area contributed by atoms with Gasteiger partial charge in [-0.2, -0.15) is 5.10 Å². The monoisotopic (exact) mass is 316 g/mol. The molecule has 1 rings (SSSR count). The average Bonchev–Trinajstić information content (AvgIpc) is 2.70. The van der Waals surface area contributed by atoms with Crippen molar-refractivity contribution in [1.82, 2.24) is 20.2 Å². The van der Waals surface area contributed by atoms with Crippen LogP contribution in [0.5, 0.6) is 0 Å².